The van der Waals surface area contributed by atoms with Crippen molar-refractivity contribution >= 4 is 34.0 Å². The van der Waals surface area contributed by atoms with Gasteiger partial charge in [0.05, 0.1) is 24.0 Å². The predicted molar refractivity (Wildman–Crippen MR) is 120 cm³/mol. The molecule has 0 atom stereocenters. The van der Waals surface area contributed by atoms with E-state index in [4.69, 9.17) is 16.3 Å². The number of aromatic nitrogens is 1. The number of amides is 1. The number of carbonyl (C=O) groups is 1. The van der Waals surface area contributed by atoms with E-state index in [2.05, 4.69) is 5.32 Å². The highest BCUT2D eigenvalue weighted by molar-refractivity contribution is 6.31. The third-order valence-electron chi connectivity index (χ3n) is 5.07. The second-order valence-corrected chi connectivity index (χ2v) is 7.52. The Morgan fingerprint density at radius 1 is 1.06 bits per heavy atom. The number of hydrogen-bond donors (Lipinski definition) is 1. The Balaban J connectivity index is 1.89. The van der Waals surface area contributed by atoms with Gasteiger partial charge in [0.25, 0.3) is 11.5 Å². The van der Waals surface area contributed by atoms with Crippen LogP contribution in [0.4, 0.5) is 14.5 Å². The molecule has 0 aliphatic rings. The quantitative estimate of drug-likeness (QED) is 0.443. The standard InChI is InChI=1S/C24H17ClF2N2O3/c1-13-9-20(22(32-2)11-18(13)25)28-23(30)17-12-29(21-8-7-14(26)10-19(21)27)24(31)16-6-4-3-5-15(16)17/h3-12H,1-2H3,(H,28,30). The number of ether oxygens (including phenoxy) is 1. The molecule has 0 saturated heterocycles. The molecule has 1 amide bonds. The van der Waals surface area contributed by atoms with Gasteiger partial charge in [0.15, 0.2) is 0 Å². The summed E-state index contributed by atoms with van der Waals surface area (Å²) in [6, 6.07) is 12.6. The van der Waals surface area contributed by atoms with Gasteiger partial charge in [-0.3, -0.25) is 14.2 Å². The maximum atomic E-state index is 14.4. The second-order valence-electron chi connectivity index (χ2n) is 7.12. The number of carbonyl (C=O) groups excluding carboxylic acids is 1. The van der Waals surface area contributed by atoms with Crippen LogP contribution in [0.5, 0.6) is 5.75 Å². The molecular weight excluding hydrogens is 438 g/mol. The summed E-state index contributed by atoms with van der Waals surface area (Å²) in [6.07, 6.45) is 1.24. The topological polar surface area (TPSA) is 60.3 Å². The first-order valence-corrected chi connectivity index (χ1v) is 9.93. The lowest BCUT2D eigenvalue weighted by Crippen LogP contribution is -2.23. The zero-order valence-electron chi connectivity index (χ0n) is 17.1. The lowest BCUT2D eigenvalue weighted by atomic mass is 10.1. The highest BCUT2D eigenvalue weighted by Crippen LogP contribution is 2.31. The van der Waals surface area contributed by atoms with E-state index in [1.165, 1.54) is 13.3 Å². The van der Waals surface area contributed by atoms with E-state index in [0.29, 0.717) is 27.9 Å². The van der Waals surface area contributed by atoms with Crippen LogP contribution in [-0.4, -0.2) is 17.6 Å². The van der Waals surface area contributed by atoms with Gasteiger partial charge in [-0.15, -0.1) is 0 Å². The molecule has 0 fully saturated rings. The van der Waals surface area contributed by atoms with Crippen molar-refractivity contribution in [1.82, 2.24) is 4.57 Å². The van der Waals surface area contributed by atoms with Gasteiger partial charge in [-0.1, -0.05) is 29.8 Å². The molecular formula is C24H17ClF2N2O3. The van der Waals surface area contributed by atoms with Gasteiger partial charge in [0, 0.05) is 34.1 Å². The third kappa shape index (κ3) is 3.83. The molecule has 0 radical (unpaired) electrons. The van der Waals surface area contributed by atoms with Crippen LogP contribution in [0.1, 0.15) is 15.9 Å². The zero-order valence-corrected chi connectivity index (χ0v) is 17.8. The van der Waals surface area contributed by atoms with Crippen molar-refractivity contribution in [2.45, 2.75) is 6.92 Å². The molecule has 0 unspecified atom stereocenters. The van der Waals surface area contributed by atoms with Gasteiger partial charge in [0.2, 0.25) is 0 Å². The smallest absolute Gasteiger partial charge is 0.263 e. The summed E-state index contributed by atoms with van der Waals surface area (Å²) >= 11 is 6.14. The van der Waals surface area contributed by atoms with Crippen LogP contribution in [-0.2, 0) is 0 Å². The van der Waals surface area contributed by atoms with Gasteiger partial charge < -0.3 is 10.1 Å². The fourth-order valence-corrected chi connectivity index (χ4v) is 3.60. The molecule has 4 rings (SSSR count). The van der Waals surface area contributed by atoms with Crippen LogP contribution >= 0.6 is 11.6 Å². The number of halogens is 3. The molecule has 1 aromatic heterocycles. The SMILES string of the molecule is COc1cc(Cl)c(C)cc1NC(=O)c1cn(-c2ccc(F)cc2F)c(=O)c2ccccc12. The number of aryl methyl sites for hydroxylation is 1. The van der Waals surface area contributed by atoms with Crippen molar-refractivity contribution < 1.29 is 18.3 Å². The van der Waals surface area contributed by atoms with E-state index in [9.17, 15) is 18.4 Å². The van der Waals surface area contributed by atoms with Crippen LogP contribution in [0.15, 0.2) is 65.6 Å². The van der Waals surface area contributed by atoms with Crippen molar-refractivity contribution in [3.63, 3.8) is 0 Å². The molecule has 162 valence electrons. The molecule has 1 N–H and O–H groups in total. The fraction of sp³-hybridized carbons (Fsp3) is 0.0833. The summed E-state index contributed by atoms with van der Waals surface area (Å²) in [5.41, 5.74) is 0.525. The summed E-state index contributed by atoms with van der Waals surface area (Å²) in [7, 11) is 1.45. The van der Waals surface area contributed by atoms with Gasteiger partial charge in [0.1, 0.15) is 17.4 Å². The number of hydrogen-bond acceptors (Lipinski definition) is 3. The maximum absolute atomic E-state index is 14.4. The van der Waals surface area contributed by atoms with Crippen molar-refractivity contribution in [3.8, 4) is 11.4 Å². The van der Waals surface area contributed by atoms with Crippen LogP contribution in [0.2, 0.25) is 5.02 Å². The van der Waals surface area contributed by atoms with E-state index in [0.717, 1.165) is 22.3 Å². The Labute approximate surface area is 186 Å². The van der Waals surface area contributed by atoms with Gasteiger partial charge in [-0.2, -0.15) is 0 Å². The van der Waals surface area contributed by atoms with Crippen molar-refractivity contribution in [2.24, 2.45) is 0 Å². The van der Waals surface area contributed by atoms with Crippen molar-refractivity contribution in [3.05, 3.63) is 98.9 Å². The monoisotopic (exact) mass is 454 g/mol. The Morgan fingerprint density at radius 3 is 2.47 bits per heavy atom. The zero-order chi connectivity index (χ0) is 23.0. The summed E-state index contributed by atoms with van der Waals surface area (Å²) in [6.45, 7) is 1.78. The van der Waals surface area contributed by atoms with Gasteiger partial charge in [-0.05, 0) is 36.8 Å². The molecule has 0 saturated carbocycles. The van der Waals surface area contributed by atoms with Crippen molar-refractivity contribution in [2.75, 3.05) is 12.4 Å². The number of methoxy groups -OCH3 is 1. The first-order chi connectivity index (χ1) is 15.3. The average Bonchev–Trinajstić information content (AvgIpc) is 2.77. The summed E-state index contributed by atoms with van der Waals surface area (Å²) < 4.78 is 34.1. The number of fused-ring (bicyclic) bond motifs is 1. The number of pyridine rings is 1. The van der Waals surface area contributed by atoms with E-state index < -0.39 is 23.1 Å². The molecule has 4 aromatic rings. The number of rotatable bonds is 4. The largest absolute Gasteiger partial charge is 0.495 e. The highest BCUT2D eigenvalue weighted by Gasteiger charge is 2.19. The van der Waals surface area contributed by atoms with E-state index in [-0.39, 0.29) is 16.6 Å². The van der Waals surface area contributed by atoms with E-state index >= 15 is 0 Å². The Hall–Kier alpha value is -3.71. The minimum absolute atomic E-state index is 0.124. The molecule has 1 heterocycles. The Kier molecular flexibility index (Phi) is 5.67. The number of anilines is 1. The number of nitrogens with one attached hydrogen (secondary N) is 1. The third-order valence-corrected chi connectivity index (χ3v) is 5.47. The molecule has 0 aliphatic heterocycles. The second kappa shape index (κ2) is 8.43. The predicted octanol–water partition coefficient (Wildman–Crippen LogP) is 5.49. The highest BCUT2D eigenvalue weighted by atomic mass is 35.5. The average molecular weight is 455 g/mol. The lowest BCUT2D eigenvalue weighted by Gasteiger charge is -2.15. The number of benzene rings is 3. The maximum Gasteiger partial charge on any atom is 0.263 e. The normalized spacial score (nSPS) is 10.9. The Bertz CT molecular complexity index is 1430. The summed E-state index contributed by atoms with van der Waals surface area (Å²) in [5, 5.41) is 3.84. The first kappa shape index (κ1) is 21.5. The van der Waals surface area contributed by atoms with Crippen molar-refractivity contribution in [1.29, 1.82) is 0 Å². The number of nitrogens with zero attached hydrogens (tertiary/aromatic N) is 1. The van der Waals surface area contributed by atoms with E-state index in [1.807, 2.05) is 0 Å². The molecule has 0 bridgehead atoms. The molecule has 3 aromatic carbocycles. The minimum atomic E-state index is -0.927. The van der Waals surface area contributed by atoms with Crippen LogP contribution in [0.3, 0.4) is 0 Å². The van der Waals surface area contributed by atoms with E-state index in [1.54, 1.807) is 43.3 Å². The molecule has 8 heteroatoms. The van der Waals surface area contributed by atoms with Crippen LogP contribution in [0, 0.1) is 18.6 Å². The summed E-state index contributed by atoms with van der Waals surface area (Å²) in [5.74, 6) is -1.89. The fourth-order valence-electron chi connectivity index (χ4n) is 3.45. The van der Waals surface area contributed by atoms with Gasteiger partial charge in [-0.25, -0.2) is 8.78 Å². The van der Waals surface area contributed by atoms with Crippen LogP contribution in [0.25, 0.3) is 16.5 Å². The molecule has 5 nitrogen and oxygen atoms in total. The summed E-state index contributed by atoms with van der Waals surface area (Å²) in [4.78, 5) is 26.3. The minimum Gasteiger partial charge on any atom is -0.495 e. The molecule has 32 heavy (non-hydrogen) atoms. The van der Waals surface area contributed by atoms with Crippen LogP contribution < -0.4 is 15.6 Å². The molecule has 0 aliphatic carbocycles. The lowest BCUT2D eigenvalue weighted by molar-refractivity contribution is 0.102. The first-order valence-electron chi connectivity index (χ1n) is 9.55. The molecule has 0 spiro atoms. The Morgan fingerprint density at radius 2 is 1.78 bits per heavy atom. The van der Waals surface area contributed by atoms with Gasteiger partial charge >= 0.3 is 0 Å².